The van der Waals surface area contributed by atoms with Crippen LogP contribution in [0.4, 0.5) is 0 Å². The highest BCUT2D eigenvalue weighted by Gasteiger charge is 2.29. The topological polar surface area (TPSA) is 77.8 Å². The highest BCUT2D eigenvalue weighted by atomic mass is 32.2. The number of aliphatic carboxylic acids is 1. The monoisotopic (exact) mass is 219 g/mol. The van der Waals surface area contributed by atoms with Crippen molar-refractivity contribution >= 4 is 23.6 Å². The van der Waals surface area contributed by atoms with Gasteiger partial charge in [0.2, 0.25) is 5.91 Å². The number of thioether (sulfide) groups is 1. The molecule has 1 saturated heterocycles. The zero-order valence-electron chi connectivity index (χ0n) is 7.68. The van der Waals surface area contributed by atoms with Gasteiger partial charge in [0.05, 0.1) is 11.5 Å². The van der Waals surface area contributed by atoms with Gasteiger partial charge in [-0.25, -0.2) is 0 Å². The van der Waals surface area contributed by atoms with Gasteiger partial charge in [0.1, 0.15) is 0 Å². The predicted molar refractivity (Wildman–Crippen MR) is 52.1 cm³/mol. The molecule has 1 fully saturated rings. The number of carbonyl (C=O) groups is 2. The van der Waals surface area contributed by atoms with Crippen molar-refractivity contribution in [1.29, 1.82) is 0 Å². The second-order valence-electron chi connectivity index (χ2n) is 3.23. The molecular formula is C8H13NO4S. The van der Waals surface area contributed by atoms with Crippen LogP contribution in [0, 0.1) is 5.92 Å². The van der Waals surface area contributed by atoms with E-state index in [0.717, 1.165) is 11.8 Å². The molecule has 80 valence electrons. The van der Waals surface area contributed by atoms with Gasteiger partial charge in [-0.15, -0.1) is 11.8 Å². The van der Waals surface area contributed by atoms with Crippen LogP contribution < -0.4 is 0 Å². The molecule has 0 saturated carbocycles. The van der Waals surface area contributed by atoms with Crippen molar-refractivity contribution in [2.24, 2.45) is 5.92 Å². The largest absolute Gasteiger partial charge is 0.481 e. The van der Waals surface area contributed by atoms with Crippen LogP contribution in [-0.2, 0) is 9.59 Å². The molecule has 0 bridgehead atoms. The van der Waals surface area contributed by atoms with E-state index in [1.54, 1.807) is 4.90 Å². The Morgan fingerprint density at radius 2 is 2.00 bits per heavy atom. The number of likely N-dealkylation sites (tertiary alicyclic amines) is 1. The summed E-state index contributed by atoms with van der Waals surface area (Å²) in [5, 5.41) is 17.1. The number of nitrogens with zero attached hydrogens (tertiary/aromatic N) is 1. The maximum absolute atomic E-state index is 11.3. The van der Waals surface area contributed by atoms with Gasteiger partial charge in [-0.2, -0.15) is 0 Å². The Morgan fingerprint density at radius 1 is 1.36 bits per heavy atom. The molecule has 0 unspecified atom stereocenters. The molecular weight excluding hydrogens is 206 g/mol. The van der Waals surface area contributed by atoms with Gasteiger partial charge >= 0.3 is 5.97 Å². The van der Waals surface area contributed by atoms with E-state index in [4.69, 9.17) is 10.2 Å². The number of aliphatic hydroxyl groups excluding tert-OH is 1. The van der Waals surface area contributed by atoms with Crippen molar-refractivity contribution in [3.63, 3.8) is 0 Å². The summed E-state index contributed by atoms with van der Waals surface area (Å²) in [6, 6.07) is 0. The van der Waals surface area contributed by atoms with E-state index in [1.807, 2.05) is 0 Å². The summed E-state index contributed by atoms with van der Waals surface area (Å²) in [4.78, 5) is 23.1. The Morgan fingerprint density at radius 3 is 2.50 bits per heavy atom. The molecule has 14 heavy (non-hydrogen) atoms. The lowest BCUT2D eigenvalue weighted by atomic mass is 10.0. The number of carboxylic acid groups (broad SMARTS) is 1. The van der Waals surface area contributed by atoms with Gasteiger partial charge in [-0.05, 0) is 0 Å². The van der Waals surface area contributed by atoms with Gasteiger partial charge in [-0.1, -0.05) is 0 Å². The molecule has 0 aromatic rings. The van der Waals surface area contributed by atoms with Crippen molar-refractivity contribution in [3.8, 4) is 0 Å². The van der Waals surface area contributed by atoms with Crippen LogP contribution in [-0.4, -0.2) is 58.2 Å². The first-order valence-electron chi connectivity index (χ1n) is 4.31. The third kappa shape index (κ3) is 3.19. The van der Waals surface area contributed by atoms with Crippen LogP contribution >= 0.6 is 11.8 Å². The smallest absolute Gasteiger partial charge is 0.313 e. The van der Waals surface area contributed by atoms with Gasteiger partial charge in [0.25, 0.3) is 0 Å². The minimum Gasteiger partial charge on any atom is -0.481 e. The van der Waals surface area contributed by atoms with Crippen LogP contribution in [0.5, 0.6) is 0 Å². The number of hydrogen-bond acceptors (Lipinski definition) is 4. The number of aliphatic hydroxyl groups is 1. The van der Waals surface area contributed by atoms with E-state index in [9.17, 15) is 9.59 Å². The van der Waals surface area contributed by atoms with E-state index in [1.165, 1.54) is 0 Å². The Balaban J connectivity index is 2.09. The van der Waals surface area contributed by atoms with Gasteiger partial charge in [0.15, 0.2) is 0 Å². The molecule has 0 aromatic carbocycles. The summed E-state index contributed by atoms with van der Waals surface area (Å²) >= 11 is 1.10. The Kier molecular flexibility index (Phi) is 4.21. The number of carbonyl (C=O) groups excluding carboxylic acids is 1. The van der Waals surface area contributed by atoms with Crippen LogP contribution in [0.15, 0.2) is 0 Å². The van der Waals surface area contributed by atoms with Crippen molar-refractivity contribution in [3.05, 3.63) is 0 Å². The quantitative estimate of drug-likeness (QED) is 0.636. The van der Waals surface area contributed by atoms with Gasteiger partial charge in [-0.3, -0.25) is 9.59 Å². The Bertz CT molecular complexity index is 227. The molecule has 1 aliphatic rings. The van der Waals surface area contributed by atoms with E-state index in [-0.39, 0.29) is 29.9 Å². The highest BCUT2D eigenvalue weighted by molar-refractivity contribution is 8.00. The van der Waals surface area contributed by atoms with Crippen LogP contribution in [0.2, 0.25) is 0 Å². The highest BCUT2D eigenvalue weighted by Crippen LogP contribution is 2.16. The maximum Gasteiger partial charge on any atom is 0.313 e. The van der Waals surface area contributed by atoms with E-state index < -0.39 is 5.97 Å². The SMILES string of the molecule is O=C(O)CSCC(=O)N1CC(CO)C1. The van der Waals surface area contributed by atoms with E-state index >= 15 is 0 Å². The van der Waals surface area contributed by atoms with Gasteiger partial charge < -0.3 is 15.1 Å². The maximum atomic E-state index is 11.3. The first-order valence-corrected chi connectivity index (χ1v) is 5.47. The first kappa shape index (κ1) is 11.3. The molecule has 5 nitrogen and oxygen atoms in total. The van der Waals surface area contributed by atoms with Crippen LogP contribution in [0.1, 0.15) is 0 Å². The summed E-state index contributed by atoms with van der Waals surface area (Å²) in [5.74, 6) is -0.558. The summed E-state index contributed by atoms with van der Waals surface area (Å²) in [6.45, 7) is 1.32. The van der Waals surface area contributed by atoms with E-state index in [0.29, 0.717) is 13.1 Å². The molecule has 0 aromatic heterocycles. The summed E-state index contributed by atoms with van der Waals surface area (Å²) in [6.07, 6.45) is 0. The average Bonchev–Trinajstić information content (AvgIpc) is 2.01. The fourth-order valence-electron chi connectivity index (χ4n) is 1.21. The number of carboxylic acids is 1. The Hall–Kier alpha value is -0.750. The number of hydrogen-bond donors (Lipinski definition) is 2. The third-order valence-electron chi connectivity index (χ3n) is 2.02. The first-order chi connectivity index (χ1) is 6.63. The average molecular weight is 219 g/mol. The molecule has 1 heterocycles. The van der Waals surface area contributed by atoms with Crippen molar-refractivity contribution in [2.75, 3.05) is 31.2 Å². The summed E-state index contributed by atoms with van der Waals surface area (Å²) in [7, 11) is 0. The van der Waals surface area contributed by atoms with Crippen molar-refractivity contribution in [2.45, 2.75) is 0 Å². The van der Waals surface area contributed by atoms with Crippen molar-refractivity contribution in [1.82, 2.24) is 4.90 Å². The molecule has 0 atom stereocenters. The molecule has 1 aliphatic heterocycles. The van der Waals surface area contributed by atoms with E-state index in [2.05, 4.69) is 0 Å². The molecule has 0 aliphatic carbocycles. The van der Waals surface area contributed by atoms with Crippen LogP contribution in [0.25, 0.3) is 0 Å². The standard InChI is InChI=1S/C8H13NO4S/c10-3-6-1-9(2-6)7(11)4-14-5-8(12)13/h6,10H,1-5H2,(H,12,13). The molecule has 2 N–H and O–H groups in total. The molecule has 1 amide bonds. The summed E-state index contributed by atoms with van der Waals surface area (Å²) in [5.41, 5.74) is 0. The molecule has 6 heteroatoms. The normalized spacial score (nSPS) is 16.5. The number of amides is 1. The third-order valence-corrected chi connectivity index (χ3v) is 2.92. The Labute approximate surface area is 86.1 Å². The minimum atomic E-state index is -0.903. The molecule has 0 radical (unpaired) electrons. The lowest BCUT2D eigenvalue weighted by Crippen LogP contribution is -2.52. The predicted octanol–water partition coefficient (Wildman–Crippen LogP) is -0.745. The number of rotatable bonds is 5. The molecule has 1 rings (SSSR count). The zero-order chi connectivity index (χ0) is 10.6. The zero-order valence-corrected chi connectivity index (χ0v) is 8.50. The summed E-state index contributed by atoms with van der Waals surface area (Å²) < 4.78 is 0. The lowest BCUT2D eigenvalue weighted by Gasteiger charge is -2.38. The molecule has 0 spiro atoms. The second-order valence-corrected chi connectivity index (χ2v) is 4.22. The fraction of sp³-hybridized carbons (Fsp3) is 0.750. The minimum absolute atomic E-state index is 0.0387. The lowest BCUT2D eigenvalue weighted by molar-refractivity contribution is -0.135. The van der Waals surface area contributed by atoms with Gasteiger partial charge in [0, 0.05) is 25.6 Å². The second kappa shape index (κ2) is 5.21. The fourth-order valence-corrected chi connectivity index (χ4v) is 1.84. The van der Waals surface area contributed by atoms with Crippen LogP contribution in [0.3, 0.4) is 0 Å². The van der Waals surface area contributed by atoms with Crippen molar-refractivity contribution < 1.29 is 19.8 Å².